The number of carbonyl (C=O) groups excluding carboxylic acids is 2. The molecule has 0 saturated carbocycles. The molecule has 0 spiro atoms. The fourth-order valence-corrected chi connectivity index (χ4v) is 2.08. The van der Waals surface area contributed by atoms with E-state index in [9.17, 15) is 14.2 Å². The first-order chi connectivity index (χ1) is 10.7. The summed E-state index contributed by atoms with van der Waals surface area (Å²) in [7, 11) is -4.35. The van der Waals surface area contributed by atoms with Gasteiger partial charge in [-0.25, -0.2) is 4.79 Å². The normalized spacial score (nSPS) is 12.6. The van der Waals surface area contributed by atoms with Gasteiger partial charge >= 0.3 is 13.7 Å². The van der Waals surface area contributed by atoms with E-state index in [2.05, 4.69) is 10.6 Å². The summed E-state index contributed by atoms with van der Waals surface area (Å²) in [6, 6.07) is 8.08. The molecule has 1 aromatic carbocycles. The van der Waals surface area contributed by atoms with Gasteiger partial charge < -0.3 is 25.2 Å². The van der Waals surface area contributed by atoms with Gasteiger partial charge in [-0.2, -0.15) is 0 Å². The Morgan fingerprint density at radius 3 is 2.35 bits per heavy atom. The number of alkyl carbamates (subject to hydrolysis) is 1. The lowest BCUT2D eigenvalue weighted by Crippen LogP contribution is -2.49. The summed E-state index contributed by atoms with van der Waals surface area (Å²) in [6.07, 6.45) is -1.56. The summed E-state index contributed by atoms with van der Waals surface area (Å²) in [6.45, 7) is 3.44. The van der Waals surface area contributed by atoms with Gasteiger partial charge in [-0.1, -0.05) is 44.2 Å². The Morgan fingerprint density at radius 2 is 1.83 bits per heavy atom. The molecule has 0 aliphatic carbocycles. The summed E-state index contributed by atoms with van der Waals surface area (Å²) in [5.41, 5.74) is 0.801. The van der Waals surface area contributed by atoms with Gasteiger partial charge in [0, 0.05) is 0 Å². The maximum absolute atomic E-state index is 11.9. The molecular weight excluding hydrogens is 323 g/mol. The molecule has 8 nitrogen and oxygen atoms in total. The maximum Gasteiger partial charge on any atom is 0.408 e. The third-order valence-electron chi connectivity index (χ3n) is 2.89. The van der Waals surface area contributed by atoms with Gasteiger partial charge in [0.05, 0.1) is 0 Å². The molecule has 1 aromatic rings. The van der Waals surface area contributed by atoms with E-state index in [1.165, 1.54) is 0 Å². The van der Waals surface area contributed by atoms with E-state index in [-0.39, 0.29) is 12.5 Å². The van der Waals surface area contributed by atoms with E-state index < -0.39 is 31.9 Å². The average molecular weight is 344 g/mol. The number of rotatable bonds is 7. The van der Waals surface area contributed by atoms with Crippen molar-refractivity contribution < 1.29 is 28.7 Å². The summed E-state index contributed by atoms with van der Waals surface area (Å²) < 4.78 is 15.8. The van der Waals surface area contributed by atoms with Gasteiger partial charge in [0.2, 0.25) is 5.91 Å². The van der Waals surface area contributed by atoms with Gasteiger partial charge in [0.25, 0.3) is 0 Å². The van der Waals surface area contributed by atoms with Crippen LogP contribution in [0.2, 0.25) is 0 Å². The summed E-state index contributed by atoms with van der Waals surface area (Å²) in [4.78, 5) is 41.2. The van der Waals surface area contributed by atoms with Gasteiger partial charge in [-0.3, -0.25) is 9.36 Å². The minimum Gasteiger partial charge on any atom is -0.445 e. The second-order valence-corrected chi connectivity index (χ2v) is 6.94. The van der Waals surface area contributed by atoms with E-state index in [4.69, 9.17) is 14.5 Å². The highest BCUT2D eigenvalue weighted by atomic mass is 31.2. The molecule has 0 heterocycles. The van der Waals surface area contributed by atoms with Crippen LogP contribution in [0.1, 0.15) is 19.4 Å². The molecule has 0 aromatic heterocycles. The van der Waals surface area contributed by atoms with Gasteiger partial charge in [-0.05, 0) is 11.5 Å². The zero-order valence-corrected chi connectivity index (χ0v) is 13.8. The molecule has 0 bridgehead atoms. The molecule has 9 heteroatoms. The van der Waals surface area contributed by atoms with E-state index >= 15 is 0 Å². The number of ether oxygens (including phenoxy) is 1. The van der Waals surface area contributed by atoms with Crippen molar-refractivity contribution in [3.05, 3.63) is 35.9 Å². The number of hydrogen-bond acceptors (Lipinski definition) is 4. The van der Waals surface area contributed by atoms with Crippen molar-refractivity contribution in [2.75, 3.05) is 6.29 Å². The number of amides is 2. The predicted octanol–water partition coefficient (Wildman–Crippen LogP) is 1.19. The summed E-state index contributed by atoms with van der Waals surface area (Å²) in [5.74, 6) is -0.962. The minimum atomic E-state index is -4.35. The van der Waals surface area contributed by atoms with E-state index in [0.717, 1.165) is 5.56 Å². The van der Waals surface area contributed by atoms with Crippen LogP contribution in [0.25, 0.3) is 0 Å². The third-order valence-corrected chi connectivity index (χ3v) is 3.46. The van der Waals surface area contributed by atoms with Crippen molar-refractivity contribution in [3.63, 3.8) is 0 Å². The number of benzene rings is 1. The smallest absolute Gasteiger partial charge is 0.408 e. The highest BCUT2D eigenvalue weighted by Crippen LogP contribution is 2.31. The second-order valence-electron chi connectivity index (χ2n) is 5.29. The molecule has 1 atom stereocenters. The van der Waals surface area contributed by atoms with E-state index in [1.54, 1.807) is 26.0 Å². The van der Waals surface area contributed by atoms with Crippen LogP contribution in [0.4, 0.5) is 4.79 Å². The molecular formula is C14H21N2O6P. The predicted molar refractivity (Wildman–Crippen MR) is 83.4 cm³/mol. The van der Waals surface area contributed by atoms with Gasteiger partial charge in [0.15, 0.2) is 0 Å². The zero-order chi connectivity index (χ0) is 17.5. The van der Waals surface area contributed by atoms with Crippen molar-refractivity contribution in [2.45, 2.75) is 26.5 Å². The number of nitrogens with one attached hydrogen (secondary N) is 2. The Bertz CT molecular complexity index is 572. The standard InChI is InChI=1S/C14H21N2O6P/c1-10(2)12(13(17)15-9-23(19,20)21)16-14(18)22-8-11-6-4-3-5-7-11/h3-7,10,12H,8-9H2,1-2H3,(H,15,17)(H,16,18)(H2,19,20,21)/t12-/m0/s1. The molecule has 128 valence electrons. The molecule has 2 amide bonds. The second kappa shape index (κ2) is 8.67. The SMILES string of the molecule is CC(C)[C@H](NC(=O)OCc1ccccc1)C(=O)NCP(=O)(O)O. The first-order valence-electron chi connectivity index (χ1n) is 6.98. The van der Waals surface area contributed by atoms with Gasteiger partial charge in [-0.15, -0.1) is 0 Å². The largest absolute Gasteiger partial charge is 0.445 e. The number of carbonyl (C=O) groups is 2. The molecule has 0 aliphatic rings. The average Bonchev–Trinajstić information content (AvgIpc) is 2.48. The summed E-state index contributed by atoms with van der Waals surface area (Å²) >= 11 is 0. The van der Waals surface area contributed by atoms with Crippen LogP contribution in [-0.4, -0.2) is 34.1 Å². The van der Waals surface area contributed by atoms with E-state index in [1.807, 2.05) is 18.2 Å². The topological polar surface area (TPSA) is 125 Å². The Hall–Kier alpha value is -1.89. The molecule has 0 fully saturated rings. The van der Waals surface area contributed by atoms with Crippen LogP contribution < -0.4 is 10.6 Å². The zero-order valence-electron chi connectivity index (χ0n) is 12.9. The number of hydrogen-bond donors (Lipinski definition) is 4. The van der Waals surface area contributed by atoms with Crippen molar-refractivity contribution in [1.82, 2.24) is 10.6 Å². The molecule has 23 heavy (non-hydrogen) atoms. The lowest BCUT2D eigenvalue weighted by molar-refractivity contribution is -0.123. The molecule has 0 radical (unpaired) electrons. The molecule has 0 unspecified atom stereocenters. The van der Waals surface area contributed by atoms with Crippen molar-refractivity contribution in [2.24, 2.45) is 5.92 Å². The fourth-order valence-electron chi connectivity index (χ4n) is 1.72. The Balaban J connectivity index is 2.52. The highest BCUT2D eigenvalue weighted by Gasteiger charge is 2.26. The van der Waals surface area contributed by atoms with Gasteiger partial charge in [0.1, 0.15) is 18.9 Å². The van der Waals surface area contributed by atoms with Crippen LogP contribution in [0, 0.1) is 5.92 Å². The first kappa shape index (κ1) is 19.2. The lowest BCUT2D eigenvalue weighted by Gasteiger charge is -2.21. The van der Waals surface area contributed by atoms with E-state index in [0.29, 0.717) is 0 Å². The van der Waals surface area contributed by atoms with Crippen LogP contribution >= 0.6 is 7.60 Å². The molecule has 4 N–H and O–H groups in total. The third kappa shape index (κ3) is 7.78. The first-order valence-corrected chi connectivity index (χ1v) is 8.78. The van der Waals surface area contributed by atoms with Crippen LogP contribution in [0.15, 0.2) is 30.3 Å². The molecule has 0 aliphatic heterocycles. The molecule has 0 saturated heterocycles. The fraction of sp³-hybridized carbons (Fsp3) is 0.429. The van der Waals surface area contributed by atoms with Crippen LogP contribution in [-0.2, 0) is 20.7 Å². The quantitative estimate of drug-likeness (QED) is 0.551. The summed E-state index contributed by atoms with van der Waals surface area (Å²) in [5, 5.41) is 4.51. The van der Waals surface area contributed by atoms with Crippen LogP contribution in [0.3, 0.4) is 0 Å². The Labute approximate surface area is 134 Å². The maximum atomic E-state index is 11.9. The Kier molecular flexibility index (Phi) is 7.22. The molecule has 1 rings (SSSR count). The lowest BCUT2D eigenvalue weighted by atomic mass is 10.0. The van der Waals surface area contributed by atoms with Crippen molar-refractivity contribution in [1.29, 1.82) is 0 Å². The Morgan fingerprint density at radius 1 is 1.22 bits per heavy atom. The van der Waals surface area contributed by atoms with Crippen molar-refractivity contribution >= 4 is 19.6 Å². The minimum absolute atomic E-state index is 0.0571. The van der Waals surface area contributed by atoms with Crippen LogP contribution in [0.5, 0.6) is 0 Å². The highest BCUT2D eigenvalue weighted by molar-refractivity contribution is 7.51. The monoisotopic (exact) mass is 344 g/mol. The van der Waals surface area contributed by atoms with Crippen molar-refractivity contribution in [3.8, 4) is 0 Å².